The fraction of sp³-hybridized carbons (Fsp3) is 0.778. The van der Waals surface area contributed by atoms with Crippen LogP contribution in [-0.4, -0.2) is 56.3 Å². The van der Waals surface area contributed by atoms with E-state index in [4.69, 9.17) is 9.84 Å². The first-order chi connectivity index (χ1) is 7.84. The van der Waals surface area contributed by atoms with Crippen LogP contribution in [0.5, 0.6) is 0 Å². The number of rotatable bonds is 5. The highest BCUT2D eigenvalue weighted by Gasteiger charge is 2.33. The molecule has 1 rings (SSSR count). The van der Waals surface area contributed by atoms with Crippen molar-refractivity contribution in [3.63, 3.8) is 0 Å². The monoisotopic (exact) mass is 266 g/mol. The van der Waals surface area contributed by atoms with Gasteiger partial charge in [0.25, 0.3) is 0 Å². The molecular formula is C9H14O7S. The summed E-state index contributed by atoms with van der Waals surface area (Å²) in [7, 11) is -2.52. The minimum atomic E-state index is -3.62. The molecule has 7 nitrogen and oxygen atoms in total. The minimum absolute atomic E-state index is 0.285. The number of carbonyl (C=O) groups is 2. The third-order valence-corrected chi connectivity index (χ3v) is 3.94. The van der Waals surface area contributed by atoms with E-state index in [1.54, 1.807) is 0 Å². The Morgan fingerprint density at radius 2 is 2.06 bits per heavy atom. The molecule has 2 atom stereocenters. The summed E-state index contributed by atoms with van der Waals surface area (Å²) in [5.41, 5.74) is 0. The lowest BCUT2D eigenvalue weighted by molar-refractivity contribution is -0.149. The number of esters is 1. The second-order valence-corrected chi connectivity index (χ2v) is 5.90. The summed E-state index contributed by atoms with van der Waals surface area (Å²) in [5, 5.41) is 8.66. The Balaban J connectivity index is 2.50. The highest BCUT2D eigenvalue weighted by molar-refractivity contribution is 7.92. The molecule has 0 aromatic carbocycles. The maximum atomic E-state index is 11.5. The zero-order valence-electron chi connectivity index (χ0n) is 9.29. The highest BCUT2D eigenvalue weighted by Crippen LogP contribution is 2.21. The first-order valence-corrected chi connectivity index (χ1v) is 6.81. The van der Waals surface area contributed by atoms with E-state index in [0.29, 0.717) is 6.42 Å². The number of carboxylic acids is 1. The Morgan fingerprint density at radius 1 is 1.41 bits per heavy atom. The van der Waals surface area contributed by atoms with E-state index in [-0.39, 0.29) is 12.2 Å². The molecule has 98 valence electrons. The SMILES string of the molecule is COC(=O)CS(=O)(=O)CC1CCC(C(=O)O)O1. The molecule has 0 amide bonds. The molecule has 17 heavy (non-hydrogen) atoms. The summed E-state index contributed by atoms with van der Waals surface area (Å²) in [6.45, 7) is 0. The number of hydrogen-bond acceptors (Lipinski definition) is 6. The number of methoxy groups -OCH3 is 1. The van der Waals surface area contributed by atoms with Gasteiger partial charge in [-0.15, -0.1) is 0 Å². The van der Waals surface area contributed by atoms with Crippen molar-refractivity contribution in [3.05, 3.63) is 0 Å². The van der Waals surface area contributed by atoms with E-state index in [9.17, 15) is 18.0 Å². The molecule has 1 saturated heterocycles. The predicted octanol–water partition coefficient (Wildman–Crippen LogP) is -0.794. The van der Waals surface area contributed by atoms with Crippen LogP contribution in [0, 0.1) is 0 Å². The molecule has 0 spiro atoms. The van der Waals surface area contributed by atoms with Gasteiger partial charge in [-0.05, 0) is 12.8 Å². The molecule has 0 radical (unpaired) electrons. The van der Waals surface area contributed by atoms with Gasteiger partial charge in [0.2, 0.25) is 0 Å². The number of hydrogen-bond donors (Lipinski definition) is 1. The van der Waals surface area contributed by atoms with Gasteiger partial charge in [-0.2, -0.15) is 0 Å². The molecule has 8 heteroatoms. The lowest BCUT2D eigenvalue weighted by Gasteiger charge is -2.10. The van der Waals surface area contributed by atoms with Gasteiger partial charge in [0.05, 0.1) is 19.0 Å². The van der Waals surface area contributed by atoms with Gasteiger partial charge < -0.3 is 14.6 Å². The van der Waals surface area contributed by atoms with Gasteiger partial charge in [-0.1, -0.05) is 0 Å². The van der Waals surface area contributed by atoms with E-state index < -0.39 is 39.7 Å². The number of ether oxygens (including phenoxy) is 2. The molecule has 1 aliphatic heterocycles. The molecule has 1 N–H and O–H groups in total. The second kappa shape index (κ2) is 5.46. The van der Waals surface area contributed by atoms with Gasteiger partial charge >= 0.3 is 11.9 Å². The summed E-state index contributed by atoms with van der Waals surface area (Å²) in [5.74, 6) is -3.00. The van der Waals surface area contributed by atoms with Crippen molar-refractivity contribution in [1.82, 2.24) is 0 Å². The summed E-state index contributed by atoms with van der Waals surface area (Å²) >= 11 is 0. The number of sulfone groups is 1. The minimum Gasteiger partial charge on any atom is -0.479 e. The summed E-state index contributed by atoms with van der Waals surface area (Å²) in [6, 6.07) is 0. The third kappa shape index (κ3) is 4.31. The Labute approximate surface area is 98.6 Å². The van der Waals surface area contributed by atoms with Gasteiger partial charge in [0, 0.05) is 0 Å². The molecule has 0 aromatic rings. The van der Waals surface area contributed by atoms with Crippen LogP contribution in [0.1, 0.15) is 12.8 Å². The quantitative estimate of drug-likeness (QED) is 0.649. The smallest absolute Gasteiger partial charge is 0.332 e. The summed E-state index contributed by atoms with van der Waals surface area (Å²) < 4.78 is 32.3. The van der Waals surface area contributed by atoms with Crippen LogP contribution >= 0.6 is 0 Å². The largest absolute Gasteiger partial charge is 0.479 e. The molecular weight excluding hydrogens is 252 g/mol. The van der Waals surface area contributed by atoms with Crippen LogP contribution in [0.25, 0.3) is 0 Å². The molecule has 0 aliphatic carbocycles. The van der Waals surface area contributed by atoms with E-state index in [0.717, 1.165) is 7.11 Å². The van der Waals surface area contributed by atoms with Gasteiger partial charge in [0.15, 0.2) is 15.9 Å². The first-order valence-electron chi connectivity index (χ1n) is 4.99. The maximum Gasteiger partial charge on any atom is 0.332 e. The van der Waals surface area contributed by atoms with Crippen LogP contribution in [0.3, 0.4) is 0 Å². The Kier molecular flexibility index (Phi) is 4.47. The van der Waals surface area contributed by atoms with Gasteiger partial charge in [0.1, 0.15) is 5.75 Å². The second-order valence-electron chi connectivity index (χ2n) is 3.79. The Hall–Kier alpha value is -1.15. The highest BCUT2D eigenvalue weighted by atomic mass is 32.2. The fourth-order valence-corrected chi connectivity index (χ4v) is 3.00. The fourth-order valence-electron chi connectivity index (χ4n) is 1.59. The van der Waals surface area contributed by atoms with Crippen LogP contribution in [0.4, 0.5) is 0 Å². The van der Waals surface area contributed by atoms with Crippen LogP contribution in [-0.2, 0) is 28.9 Å². The van der Waals surface area contributed by atoms with Crippen LogP contribution in [0.15, 0.2) is 0 Å². The van der Waals surface area contributed by atoms with E-state index in [1.165, 1.54) is 0 Å². The molecule has 0 bridgehead atoms. The molecule has 1 heterocycles. The summed E-state index contributed by atoms with van der Waals surface area (Å²) in [6.07, 6.45) is -0.968. The zero-order chi connectivity index (χ0) is 13.1. The molecule has 0 aromatic heterocycles. The Bertz CT molecular complexity index is 400. The first kappa shape index (κ1) is 13.9. The summed E-state index contributed by atoms with van der Waals surface area (Å²) in [4.78, 5) is 21.4. The molecule has 1 fully saturated rings. The van der Waals surface area contributed by atoms with Crippen LogP contribution < -0.4 is 0 Å². The van der Waals surface area contributed by atoms with Crippen molar-refractivity contribution < 1.29 is 32.6 Å². The zero-order valence-corrected chi connectivity index (χ0v) is 10.1. The van der Waals surface area contributed by atoms with Crippen molar-refractivity contribution in [2.45, 2.75) is 25.0 Å². The van der Waals surface area contributed by atoms with E-state index in [2.05, 4.69) is 4.74 Å². The van der Waals surface area contributed by atoms with E-state index >= 15 is 0 Å². The number of carboxylic acid groups (broad SMARTS) is 1. The lowest BCUT2D eigenvalue weighted by Crippen LogP contribution is -2.28. The average molecular weight is 266 g/mol. The topological polar surface area (TPSA) is 107 Å². The van der Waals surface area contributed by atoms with E-state index in [1.807, 2.05) is 0 Å². The van der Waals surface area contributed by atoms with Crippen LogP contribution in [0.2, 0.25) is 0 Å². The lowest BCUT2D eigenvalue weighted by atomic mass is 10.2. The van der Waals surface area contributed by atoms with Crippen molar-refractivity contribution >= 4 is 21.8 Å². The van der Waals surface area contributed by atoms with Gasteiger partial charge in [-0.25, -0.2) is 13.2 Å². The molecule has 2 unspecified atom stereocenters. The number of carbonyl (C=O) groups excluding carboxylic acids is 1. The third-order valence-electron chi connectivity index (χ3n) is 2.39. The Morgan fingerprint density at radius 3 is 2.53 bits per heavy atom. The van der Waals surface area contributed by atoms with Crippen molar-refractivity contribution in [3.8, 4) is 0 Å². The van der Waals surface area contributed by atoms with Crippen molar-refractivity contribution in [2.75, 3.05) is 18.6 Å². The maximum absolute atomic E-state index is 11.5. The van der Waals surface area contributed by atoms with Crippen molar-refractivity contribution in [2.24, 2.45) is 0 Å². The molecule has 1 aliphatic rings. The standard InChI is InChI=1S/C9H14O7S/c1-15-8(10)5-17(13,14)4-6-2-3-7(16-6)9(11)12/h6-7H,2-5H2,1H3,(H,11,12). The van der Waals surface area contributed by atoms with Gasteiger partial charge in [-0.3, -0.25) is 4.79 Å². The predicted molar refractivity (Wildman–Crippen MR) is 56.2 cm³/mol. The van der Waals surface area contributed by atoms with Crippen molar-refractivity contribution in [1.29, 1.82) is 0 Å². The number of aliphatic carboxylic acids is 1. The average Bonchev–Trinajstić information content (AvgIpc) is 2.64. The normalized spacial score (nSPS) is 24.5. The molecule has 0 saturated carbocycles.